The zero-order chi connectivity index (χ0) is 13.8. The van der Waals surface area contributed by atoms with E-state index in [9.17, 15) is 14.7 Å². The van der Waals surface area contributed by atoms with Crippen LogP contribution in [0.25, 0.3) is 0 Å². The number of rotatable bonds is 4. The number of nitrogens with one attached hydrogen (secondary N) is 2. The summed E-state index contributed by atoms with van der Waals surface area (Å²) in [5.41, 5.74) is 0.798. The van der Waals surface area contributed by atoms with Gasteiger partial charge in [-0.3, -0.25) is 9.59 Å². The van der Waals surface area contributed by atoms with Crippen molar-refractivity contribution in [3.8, 4) is 0 Å². The van der Waals surface area contributed by atoms with E-state index in [1.165, 1.54) is 23.6 Å². The van der Waals surface area contributed by atoms with Gasteiger partial charge in [-0.05, 0) is 44.4 Å². The van der Waals surface area contributed by atoms with Crippen molar-refractivity contribution < 1.29 is 9.90 Å². The minimum Gasteiger partial charge on any atom is -0.387 e. The van der Waals surface area contributed by atoms with E-state index in [-0.39, 0.29) is 18.0 Å². The molecule has 0 aliphatic heterocycles. The van der Waals surface area contributed by atoms with Crippen molar-refractivity contribution in [2.45, 2.75) is 6.10 Å². The molecule has 5 nitrogen and oxygen atoms in total. The number of thiophene rings is 1. The molecule has 3 N–H and O–H groups in total. The van der Waals surface area contributed by atoms with Crippen molar-refractivity contribution in [1.82, 2.24) is 10.3 Å². The second kappa shape index (κ2) is 6.14. The van der Waals surface area contributed by atoms with Gasteiger partial charge in [0.1, 0.15) is 0 Å². The largest absolute Gasteiger partial charge is 0.387 e. The van der Waals surface area contributed by atoms with E-state index in [4.69, 9.17) is 0 Å². The highest BCUT2D eigenvalue weighted by Gasteiger charge is 2.12. The Labute approximate surface area is 121 Å². The third kappa shape index (κ3) is 3.52. The number of aromatic amines is 1. The molecular weight excluding hydrogens is 332 g/mol. The molecule has 2 aromatic rings. The van der Waals surface area contributed by atoms with Crippen LogP contribution in [0, 0.1) is 0 Å². The monoisotopic (exact) mass is 342 g/mol. The molecule has 0 saturated heterocycles. The lowest BCUT2D eigenvalue weighted by Gasteiger charge is -2.10. The third-order valence-electron chi connectivity index (χ3n) is 2.50. The lowest BCUT2D eigenvalue weighted by atomic mass is 10.2. The normalized spacial score (nSPS) is 12.1. The van der Waals surface area contributed by atoms with Crippen LogP contribution in [0.15, 0.2) is 38.4 Å². The second-order valence-corrected chi connectivity index (χ2v) is 5.48. The second-order valence-electron chi connectivity index (χ2n) is 3.85. The molecule has 1 amide bonds. The number of aliphatic hydroxyl groups excluding tert-OH is 1. The Morgan fingerprint density at radius 1 is 1.58 bits per heavy atom. The number of hydrogen-bond acceptors (Lipinski definition) is 4. The molecule has 0 unspecified atom stereocenters. The van der Waals surface area contributed by atoms with Gasteiger partial charge in [0, 0.05) is 12.7 Å². The number of halogens is 1. The lowest BCUT2D eigenvalue weighted by Crippen LogP contribution is -2.28. The van der Waals surface area contributed by atoms with Crippen LogP contribution >= 0.6 is 27.3 Å². The lowest BCUT2D eigenvalue weighted by molar-refractivity contribution is 0.0916. The highest BCUT2D eigenvalue weighted by atomic mass is 79.9. The van der Waals surface area contributed by atoms with E-state index in [1.807, 2.05) is 10.8 Å². The zero-order valence-corrected chi connectivity index (χ0v) is 12.1. The highest BCUT2D eigenvalue weighted by molar-refractivity contribution is 9.10. The molecule has 0 aliphatic carbocycles. The average Bonchev–Trinajstić information content (AvgIpc) is 2.92. The maximum Gasteiger partial charge on any atom is 0.262 e. The van der Waals surface area contributed by atoms with E-state index in [0.717, 1.165) is 5.56 Å². The molecule has 2 aromatic heterocycles. The van der Waals surface area contributed by atoms with Crippen LogP contribution < -0.4 is 10.9 Å². The van der Waals surface area contributed by atoms with Crippen molar-refractivity contribution in [2.75, 3.05) is 6.54 Å². The number of aliphatic hydroxyl groups is 1. The molecule has 2 rings (SSSR count). The number of aromatic nitrogens is 1. The summed E-state index contributed by atoms with van der Waals surface area (Å²) in [5.74, 6) is -0.355. The molecule has 2 heterocycles. The summed E-state index contributed by atoms with van der Waals surface area (Å²) in [7, 11) is 0. The Hall–Kier alpha value is -1.44. The van der Waals surface area contributed by atoms with Crippen molar-refractivity contribution in [1.29, 1.82) is 0 Å². The smallest absolute Gasteiger partial charge is 0.262 e. The first-order chi connectivity index (χ1) is 9.08. The predicted octanol–water partition coefficient (Wildman–Crippen LogP) is 1.66. The summed E-state index contributed by atoms with van der Waals surface area (Å²) < 4.78 is 0.290. The molecule has 0 spiro atoms. The van der Waals surface area contributed by atoms with Crippen molar-refractivity contribution >= 4 is 33.2 Å². The maximum absolute atomic E-state index is 11.8. The van der Waals surface area contributed by atoms with Gasteiger partial charge in [-0.2, -0.15) is 11.3 Å². The highest BCUT2D eigenvalue weighted by Crippen LogP contribution is 2.15. The molecular formula is C12H11BrN2O3S. The molecule has 19 heavy (non-hydrogen) atoms. The van der Waals surface area contributed by atoms with Gasteiger partial charge in [0.15, 0.2) is 0 Å². The Balaban J connectivity index is 1.98. The molecule has 0 fully saturated rings. The number of carbonyl (C=O) groups excluding carboxylic acids is 1. The number of carbonyl (C=O) groups is 1. The molecule has 0 saturated carbocycles. The van der Waals surface area contributed by atoms with E-state index < -0.39 is 6.10 Å². The fourth-order valence-corrected chi connectivity index (χ4v) is 2.53. The van der Waals surface area contributed by atoms with E-state index >= 15 is 0 Å². The third-order valence-corrected chi connectivity index (χ3v) is 3.79. The maximum atomic E-state index is 11.8. The number of pyridine rings is 1. The average molecular weight is 343 g/mol. The summed E-state index contributed by atoms with van der Waals surface area (Å²) >= 11 is 4.54. The van der Waals surface area contributed by atoms with Crippen LogP contribution in [0.1, 0.15) is 22.0 Å². The van der Waals surface area contributed by atoms with Crippen LogP contribution in [-0.4, -0.2) is 22.5 Å². The minimum atomic E-state index is -0.735. The molecule has 0 bridgehead atoms. The van der Waals surface area contributed by atoms with Gasteiger partial charge in [-0.15, -0.1) is 0 Å². The fourth-order valence-electron chi connectivity index (χ4n) is 1.46. The molecule has 1 atom stereocenters. The van der Waals surface area contributed by atoms with Gasteiger partial charge in [-0.1, -0.05) is 0 Å². The topological polar surface area (TPSA) is 82.2 Å². The summed E-state index contributed by atoms with van der Waals surface area (Å²) in [6.45, 7) is 0.117. The van der Waals surface area contributed by atoms with Crippen LogP contribution in [0.3, 0.4) is 0 Å². The Morgan fingerprint density at radius 3 is 3.00 bits per heavy atom. The number of hydrogen-bond donors (Lipinski definition) is 3. The Bertz CT molecular complexity index is 624. The summed E-state index contributed by atoms with van der Waals surface area (Å²) in [6.07, 6.45) is 0.598. The molecule has 0 aromatic carbocycles. The van der Waals surface area contributed by atoms with Gasteiger partial charge >= 0.3 is 0 Å². The predicted molar refractivity (Wildman–Crippen MR) is 76.4 cm³/mol. The fraction of sp³-hybridized carbons (Fsp3) is 0.167. The van der Waals surface area contributed by atoms with Gasteiger partial charge in [0.05, 0.1) is 16.1 Å². The molecule has 0 radical (unpaired) electrons. The Morgan fingerprint density at radius 2 is 2.37 bits per heavy atom. The van der Waals surface area contributed by atoms with Crippen molar-refractivity contribution in [2.24, 2.45) is 0 Å². The van der Waals surface area contributed by atoms with E-state index in [2.05, 4.69) is 26.2 Å². The van der Waals surface area contributed by atoms with E-state index in [1.54, 1.807) is 6.07 Å². The zero-order valence-electron chi connectivity index (χ0n) is 9.72. The van der Waals surface area contributed by atoms with Crippen LogP contribution in [0.4, 0.5) is 0 Å². The quantitative estimate of drug-likeness (QED) is 0.790. The first-order valence-corrected chi connectivity index (χ1v) is 7.18. The van der Waals surface area contributed by atoms with Crippen LogP contribution in [-0.2, 0) is 0 Å². The van der Waals surface area contributed by atoms with Gasteiger partial charge in [-0.25, -0.2) is 0 Å². The standard InChI is InChI=1S/C12H11BrN2O3S/c13-9-3-8(4-14-12(9)18)11(17)15-5-10(16)7-1-2-19-6-7/h1-4,6,10,16H,5H2,(H,14,18)(H,15,17)/t10-/m1/s1. The summed E-state index contributed by atoms with van der Waals surface area (Å²) in [5, 5.41) is 16.1. The van der Waals surface area contributed by atoms with Gasteiger partial charge < -0.3 is 15.4 Å². The van der Waals surface area contributed by atoms with Crippen LogP contribution in [0.2, 0.25) is 0 Å². The van der Waals surface area contributed by atoms with E-state index in [0.29, 0.717) is 10.0 Å². The molecule has 100 valence electrons. The minimum absolute atomic E-state index is 0.117. The van der Waals surface area contributed by atoms with Crippen molar-refractivity contribution in [3.63, 3.8) is 0 Å². The first kappa shape index (κ1) is 14.0. The van der Waals surface area contributed by atoms with Gasteiger partial charge in [0.2, 0.25) is 0 Å². The number of H-pyrrole nitrogens is 1. The molecule has 0 aliphatic rings. The van der Waals surface area contributed by atoms with Crippen molar-refractivity contribution in [3.05, 3.63) is 55.0 Å². The summed E-state index contributed by atoms with van der Waals surface area (Å²) in [6, 6.07) is 3.24. The Kier molecular flexibility index (Phi) is 4.52. The molecule has 7 heteroatoms. The number of amides is 1. The van der Waals surface area contributed by atoms with Crippen LogP contribution in [0.5, 0.6) is 0 Å². The SMILES string of the molecule is O=C(NC[C@@H](O)c1ccsc1)c1c[nH]c(=O)c(Br)c1. The summed E-state index contributed by atoms with van der Waals surface area (Å²) in [4.78, 5) is 25.4. The van der Waals surface area contributed by atoms with Gasteiger partial charge in [0.25, 0.3) is 11.5 Å². The first-order valence-electron chi connectivity index (χ1n) is 5.44.